The van der Waals surface area contributed by atoms with Gasteiger partial charge in [0.15, 0.2) is 0 Å². The fourth-order valence-corrected chi connectivity index (χ4v) is 5.13. The number of aromatic hydroxyl groups is 1. The minimum atomic E-state index is -0.720. The first-order valence-corrected chi connectivity index (χ1v) is 11.2. The number of aromatic amines is 2. The van der Waals surface area contributed by atoms with Gasteiger partial charge in [0.25, 0.3) is 5.91 Å². The van der Waals surface area contributed by atoms with Crippen molar-refractivity contribution in [2.24, 2.45) is 0 Å². The third kappa shape index (κ3) is 2.98. The van der Waals surface area contributed by atoms with Crippen molar-refractivity contribution in [2.75, 3.05) is 4.90 Å². The summed E-state index contributed by atoms with van der Waals surface area (Å²) in [6.07, 6.45) is 3.40. The molecule has 2 unspecified atom stereocenters. The number of rotatable bonds is 3. The van der Waals surface area contributed by atoms with Crippen LogP contribution in [0.25, 0.3) is 21.9 Å². The summed E-state index contributed by atoms with van der Waals surface area (Å²) >= 11 is 3.38. The lowest BCUT2D eigenvalue weighted by Gasteiger charge is -2.28. The highest BCUT2D eigenvalue weighted by atomic mass is 79.9. The van der Waals surface area contributed by atoms with E-state index in [0.717, 1.165) is 33.1 Å². The van der Waals surface area contributed by atoms with E-state index in [1.807, 2.05) is 42.6 Å². The molecule has 162 valence electrons. The van der Waals surface area contributed by atoms with E-state index in [9.17, 15) is 14.7 Å². The summed E-state index contributed by atoms with van der Waals surface area (Å²) in [7, 11) is 0. The molecule has 1 aliphatic heterocycles. The summed E-state index contributed by atoms with van der Waals surface area (Å²) in [6, 6.07) is 17.6. The number of hydrogen-bond acceptors (Lipinski definition) is 4. The van der Waals surface area contributed by atoms with E-state index in [-0.39, 0.29) is 5.75 Å². The van der Waals surface area contributed by atoms with Crippen LogP contribution < -0.4 is 4.90 Å². The molecular formula is C25H17BrN4O3. The van der Waals surface area contributed by atoms with Crippen LogP contribution in [-0.2, 0) is 9.59 Å². The Bertz CT molecular complexity index is 1570. The van der Waals surface area contributed by atoms with E-state index >= 15 is 0 Å². The number of fused-ring (bicyclic) bond motifs is 2. The second-order valence-corrected chi connectivity index (χ2v) is 8.92. The number of para-hydroxylation sites is 1. The van der Waals surface area contributed by atoms with Crippen molar-refractivity contribution in [3.05, 3.63) is 88.8 Å². The van der Waals surface area contributed by atoms with Crippen molar-refractivity contribution in [3.8, 4) is 5.75 Å². The number of phenolic OH excluding ortho intramolecular Hbond substituents is 1. The first-order chi connectivity index (χ1) is 16.0. The van der Waals surface area contributed by atoms with Crippen molar-refractivity contribution in [2.45, 2.75) is 12.0 Å². The number of halogens is 1. The third-order valence-corrected chi connectivity index (χ3v) is 6.89. The monoisotopic (exact) mass is 500 g/mol. The minimum Gasteiger partial charge on any atom is -0.507 e. The molecule has 3 heterocycles. The van der Waals surface area contributed by atoms with Crippen LogP contribution in [0.2, 0.25) is 0 Å². The lowest BCUT2D eigenvalue weighted by Crippen LogP contribution is -2.29. The van der Waals surface area contributed by atoms with Crippen molar-refractivity contribution >= 4 is 55.2 Å². The van der Waals surface area contributed by atoms with Gasteiger partial charge in [0.2, 0.25) is 5.78 Å². The smallest absolute Gasteiger partial charge is 0.295 e. The first kappa shape index (κ1) is 19.8. The molecule has 8 heteroatoms. The van der Waals surface area contributed by atoms with Gasteiger partial charge in [-0.05, 0) is 63.5 Å². The summed E-state index contributed by atoms with van der Waals surface area (Å²) in [5.41, 5.74) is 4.54. The van der Waals surface area contributed by atoms with Gasteiger partial charge >= 0.3 is 0 Å². The molecule has 0 bridgehead atoms. The molecule has 0 radical (unpaired) electrons. The molecule has 6 rings (SSSR count). The van der Waals surface area contributed by atoms with Gasteiger partial charge in [-0.3, -0.25) is 14.5 Å². The predicted molar refractivity (Wildman–Crippen MR) is 128 cm³/mol. The van der Waals surface area contributed by atoms with Gasteiger partial charge in [-0.1, -0.05) is 24.3 Å². The van der Waals surface area contributed by atoms with Gasteiger partial charge in [-0.15, -0.1) is 0 Å². The highest BCUT2D eigenvalue weighted by Gasteiger charge is 2.50. The van der Waals surface area contributed by atoms with E-state index in [1.165, 1.54) is 0 Å². The topological polar surface area (TPSA) is 102 Å². The maximum absolute atomic E-state index is 13.5. The molecule has 2 aromatic heterocycles. The average Bonchev–Trinajstić information content (AvgIpc) is 3.52. The van der Waals surface area contributed by atoms with E-state index in [2.05, 4.69) is 30.9 Å². The highest BCUT2D eigenvalue weighted by molar-refractivity contribution is 9.10. The van der Waals surface area contributed by atoms with Gasteiger partial charge in [0, 0.05) is 22.8 Å². The number of carbonyl (C=O) groups excluding carboxylic acids is 2. The summed E-state index contributed by atoms with van der Waals surface area (Å²) < 4.78 is 0.494. The van der Waals surface area contributed by atoms with E-state index < -0.39 is 23.7 Å². The normalized spacial score (nSPS) is 18.6. The van der Waals surface area contributed by atoms with Crippen LogP contribution in [0.15, 0.2) is 77.7 Å². The van der Waals surface area contributed by atoms with Crippen LogP contribution in [0.4, 0.5) is 5.69 Å². The van der Waals surface area contributed by atoms with Crippen molar-refractivity contribution in [1.82, 2.24) is 15.0 Å². The molecule has 33 heavy (non-hydrogen) atoms. The van der Waals surface area contributed by atoms with Gasteiger partial charge in [-0.2, -0.15) is 0 Å². The Kier molecular flexibility index (Phi) is 4.38. The summed E-state index contributed by atoms with van der Waals surface area (Å²) in [5, 5.41) is 10.9. The molecule has 1 fully saturated rings. The molecule has 1 aliphatic rings. The number of carbonyl (C=O) groups is 2. The van der Waals surface area contributed by atoms with Crippen molar-refractivity contribution in [1.29, 1.82) is 0 Å². The average molecular weight is 501 g/mol. The molecule has 0 saturated carbocycles. The SMILES string of the molecule is O=C1C(=O)N(c2ccc3nc[nH]c3c2)C(c2ccc(O)c(Br)c2)C1c1c[nH]c2ccccc12. The molecule has 2 atom stereocenters. The maximum atomic E-state index is 13.5. The summed E-state index contributed by atoms with van der Waals surface area (Å²) in [5.74, 6) is -1.68. The van der Waals surface area contributed by atoms with E-state index in [1.54, 1.807) is 35.5 Å². The van der Waals surface area contributed by atoms with Crippen LogP contribution >= 0.6 is 15.9 Å². The number of amides is 1. The number of nitrogens with zero attached hydrogens (tertiary/aromatic N) is 2. The number of phenols is 1. The number of imidazole rings is 1. The molecular weight excluding hydrogens is 484 g/mol. The fourth-order valence-electron chi connectivity index (χ4n) is 4.73. The van der Waals surface area contributed by atoms with Gasteiger partial charge < -0.3 is 15.1 Å². The quantitative estimate of drug-likeness (QED) is 0.305. The Morgan fingerprint density at radius 2 is 1.82 bits per heavy atom. The Morgan fingerprint density at radius 3 is 2.67 bits per heavy atom. The lowest BCUT2D eigenvalue weighted by molar-refractivity contribution is -0.134. The Hall–Kier alpha value is -3.91. The molecule has 1 amide bonds. The van der Waals surface area contributed by atoms with Gasteiger partial charge in [0.05, 0.1) is 33.8 Å². The van der Waals surface area contributed by atoms with Crippen molar-refractivity contribution < 1.29 is 14.7 Å². The second-order valence-electron chi connectivity index (χ2n) is 8.07. The number of benzene rings is 3. The number of Topliss-reactive ketones (excluding diaryl/α,β-unsaturated/α-hetero) is 1. The summed E-state index contributed by atoms with van der Waals surface area (Å²) in [4.78, 5) is 39.0. The fraction of sp³-hybridized carbons (Fsp3) is 0.0800. The zero-order valence-corrected chi connectivity index (χ0v) is 18.7. The zero-order valence-electron chi connectivity index (χ0n) is 17.1. The third-order valence-electron chi connectivity index (χ3n) is 6.26. The van der Waals surface area contributed by atoms with Gasteiger partial charge in [0.1, 0.15) is 5.75 Å². The Morgan fingerprint density at radius 1 is 0.970 bits per heavy atom. The molecule has 3 aromatic carbocycles. The molecule has 5 aromatic rings. The number of nitrogens with one attached hydrogen (secondary N) is 2. The highest BCUT2D eigenvalue weighted by Crippen LogP contribution is 2.47. The first-order valence-electron chi connectivity index (χ1n) is 10.4. The van der Waals surface area contributed by atoms with Crippen LogP contribution in [0, 0.1) is 0 Å². The Labute approximate surface area is 196 Å². The van der Waals surface area contributed by atoms with E-state index in [0.29, 0.717) is 10.2 Å². The van der Waals surface area contributed by atoms with Crippen LogP contribution in [0.5, 0.6) is 5.75 Å². The molecule has 7 nitrogen and oxygen atoms in total. The Balaban J connectivity index is 1.58. The van der Waals surface area contributed by atoms with Crippen molar-refractivity contribution in [3.63, 3.8) is 0 Å². The minimum absolute atomic E-state index is 0.0865. The number of ketones is 1. The van der Waals surface area contributed by atoms with E-state index in [4.69, 9.17) is 0 Å². The standard InChI is InChI=1S/C25H17BrN4O3/c26-17-9-13(5-8-21(17)31)23-22(16-11-27-18-4-2-1-3-15(16)18)24(32)25(33)30(23)14-6-7-19-20(10-14)29-12-28-19/h1-12,22-23,27,31H,(H,28,29). The number of hydrogen-bond donors (Lipinski definition) is 3. The van der Waals surface area contributed by atoms with Crippen LogP contribution in [0.1, 0.15) is 23.1 Å². The molecule has 0 aliphatic carbocycles. The number of aromatic nitrogens is 3. The molecule has 1 saturated heterocycles. The van der Waals surface area contributed by atoms with Crippen LogP contribution in [0.3, 0.4) is 0 Å². The van der Waals surface area contributed by atoms with Crippen LogP contribution in [-0.4, -0.2) is 31.7 Å². The lowest BCUT2D eigenvalue weighted by atomic mass is 9.86. The number of H-pyrrole nitrogens is 2. The maximum Gasteiger partial charge on any atom is 0.295 e. The second kappa shape index (κ2) is 7.31. The van der Waals surface area contributed by atoms with Gasteiger partial charge in [-0.25, -0.2) is 4.98 Å². The largest absolute Gasteiger partial charge is 0.507 e. The summed E-state index contributed by atoms with van der Waals surface area (Å²) in [6.45, 7) is 0. The molecule has 0 spiro atoms. The zero-order chi connectivity index (χ0) is 22.7. The number of anilines is 1. The molecule has 3 N–H and O–H groups in total. The predicted octanol–water partition coefficient (Wildman–Crippen LogP) is 4.95.